The minimum Gasteiger partial charge on any atom is -0.315 e. The van der Waals surface area contributed by atoms with Crippen LogP contribution in [0.1, 0.15) is 24.0 Å². The SMILES string of the molecule is c1cc(CN2CNCCNCCCNCCNC2)ccc1CN1CNCCNCCCNCCNC1. The highest BCUT2D eigenvalue weighted by Gasteiger charge is 2.09. The molecule has 0 aliphatic carbocycles. The molecule has 2 fully saturated rings. The van der Waals surface area contributed by atoms with E-state index < -0.39 is 0 Å². The van der Waals surface area contributed by atoms with Crippen LogP contribution in [0.5, 0.6) is 0 Å². The molecule has 206 valence electrons. The van der Waals surface area contributed by atoms with E-state index in [1.165, 1.54) is 24.0 Å². The van der Waals surface area contributed by atoms with Gasteiger partial charge in [0, 0.05) is 92.1 Å². The Hall–Kier alpha value is -1.18. The summed E-state index contributed by atoms with van der Waals surface area (Å²) in [4.78, 5) is 4.88. The largest absolute Gasteiger partial charge is 0.315 e. The Bertz CT molecular complexity index is 561. The van der Waals surface area contributed by atoms with Gasteiger partial charge in [0.2, 0.25) is 0 Å². The molecule has 3 rings (SSSR count). The quantitative estimate of drug-likeness (QED) is 0.251. The van der Waals surface area contributed by atoms with E-state index in [9.17, 15) is 0 Å². The first kappa shape index (κ1) is 29.4. The van der Waals surface area contributed by atoms with Gasteiger partial charge in [-0.25, -0.2) is 0 Å². The summed E-state index contributed by atoms with van der Waals surface area (Å²) in [7, 11) is 0. The maximum atomic E-state index is 3.59. The maximum absolute atomic E-state index is 3.59. The zero-order chi connectivity index (χ0) is 24.9. The first-order chi connectivity index (χ1) is 17.9. The predicted molar refractivity (Wildman–Crippen MR) is 150 cm³/mol. The lowest BCUT2D eigenvalue weighted by Gasteiger charge is -2.25. The highest BCUT2D eigenvalue weighted by molar-refractivity contribution is 5.22. The maximum Gasteiger partial charge on any atom is 0.0496 e. The Morgan fingerprint density at radius 2 is 0.667 bits per heavy atom. The molecule has 0 amide bonds. The number of rotatable bonds is 4. The minimum absolute atomic E-state index is 0.888. The Labute approximate surface area is 219 Å². The van der Waals surface area contributed by atoms with Gasteiger partial charge in [0.25, 0.3) is 0 Å². The Kier molecular flexibility index (Phi) is 16.2. The van der Waals surface area contributed by atoms with Gasteiger partial charge in [-0.1, -0.05) is 24.3 Å². The normalized spacial score (nSPS) is 22.9. The minimum atomic E-state index is 0.888. The third-order valence-electron chi connectivity index (χ3n) is 6.51. The number of hydrogen-bond donors (Lipinski definition) is 8. The second kappa shape index (κ2) is 19.9. The molecule has 2 heterocycles. The summed E-state index contributed by atoms with van der Waals surface area (Å²) < 4.78 is 0. The van der Waals surface area contributed by atoms with Crippen molar-refractivity contribution in [3.8, 4) is 0 Å². The highest BCUT2D eigenvalue weighted by Crippen LogP contribution is 2.09. The lowest BCUT2D eigenvalue weighted by atomic mass is 10.1. The van der Waals surface area contributed by atoms with Crippen molar-refractivity contribution in [1.82, 2.24) is 52.3 Å². The van der Waals surface area contributed by atoms with Crippen LogP contribution in [0.15, 0.2) is 24.3 Å². The summed E-state index contributed by atoms with van der Waals surface area (Å²) in [5, 5.41) is 28.4. The lowest BCUT2D eigenvalue weighted by molar-refractivity contribution is 0.224. The second-order valence-corrected chi connectivity index (χ2v) is 9.81. The molecule has 0 radical (unpaired) electrons. The summed E-state index contributed by atoms with van der Waals surface area (Å²) in [6.45, 7) is 17.8. The van der Waals surface area contributed by atoms with Crippen molar-refractivity contribution in [3.05, 3.63) is 35.4 Å². The number of benzene rings is 1. The molecule has 0 aromatic heterocycles. The van der Waals surface area contributed by atoms with Crippen LogP contribution in [-0.2, 0) is 13.1 Å². The molecule has 0 atom stereocenters. The number of nitrogens with zero attached hydrogens (tertiary/aromatic N) is 2. The number of hydrogen-bond acceptors (Lipinski definition) is 10. The third-order valence-corrected chi connectivity index (χ3v) is 6.51. The van der Waals surface area contributed by atoms with Crippen molar-refractivity contribution < 1.29 is 0 Å². The molecule has 2 aliphatic heterocycles. The van der Waals surface area contributed by atoms with Crippen LogP contribution >= 0.6 is 0 Å². The summed E-state index contributed by atoms with van der Waals surface area (Å²) in [6.07, 6.45) is 2.36. The molecule has 1 aromatic rings. The summed E-state index contributed by atoms with van der Waals surface area (Å²) in [5.41, 5.74) is 2.71. The molecule has 0 saturated carbocycles. The van der Waals surface area contributed by atoms with Gasteiger partial charge < -0.3 is 42.5 Å². The first-order valence-electron chi connectivity index (χ1n) is 14.1. The zero-order valence-corrected chi connectivity index (χ0v) is 22.3. The standard InChI is InChI=1S/C26H52N10/c1-7-27-11-15-31-21-35(22-32-16-12-28-8-1)19-25-3-5-26(6-4-25)20-36-23-33-17-13-29-9-2-10-30-14-18-34-24-36/h3-6,27-34H,1-2,7-24H2. The van der Waals surface area contributed by atoms with E-state index in [2.05, 4.69) is 76.6 Å². The van der Waals surface area contributed by atoms with Gasteiger partial charge in [0.05, 0.1) is 0 Å². The molecular formula is C26H52N10. The average molecular weight is 505 g/mol. The summed E-state index contributed by atoms with van der Waals surface area (Å²) in [5.74, 6) is 0. The van der Waals surface area contributed by atoms with E-state index in [0.717, 1.165) is 118 Å². The van der Waals surface area contributed by atoms with E-state index in [1.54, 1.807) is 0 Å². The fraction of sp³-hybridized carbons (Fsp3) is 0.769. The van der Waals surface area contributed by atoms with Gasteiger partial charge in [-0.15, -0.1) is 0 Å². The van der Waals surface area contributed by atoms with Crippen molar-refractivity contribution in [1.29, 1.82) is 0 Å². The van der Waals surface area contributed by atoms with Crippen molar-refractivity contribution in [2.24, 2.45) is 0 Å². The monoisotopic (exact) mass is 504 g/mol. The van der Waals surface area contributed by atoms with Crippen molar-refractivity contribution in [2.75, 3.05) is 105 Å². The molecule has 8 N–H and O–H groups in total. The molecule has 36 heavy (non-hydrogen) atoms. The summed E-state index contributed by atoms with van der Waals surface area (Å²) >= 11 is 0. The molecule has 10 nitrogen and oxygen atoms in total. The topological polar surface area (TPSA) is 103 Å². The molecule has 2 aliphatic rings. The molecule has 0 spiro atoms. The highest BCUT2D eigenvalue weighted by atomic mass is 15.3. The Morgan fingerprint density at radius 1 is 0.389 bits per heavy atom. The third kappa shape index (κ3) is 13.9. The Balaban J connectivity index is 1.45. The van der Waals surface area contributed by atoms with E-state index >= 15 is 0 Å². The smallest absolute Gasteiger partial charge is 0.0496 e. The predicted octanol–water partition coefficient (Wildman–Crippen LogP) is -1.36. The fourth-order valence-corrected chi connectivity index (χ4v) is 4.43. The van der Waals surface area contributed by atoms with Crippen molar-refractivity contribution >= 4 is 0 Å². The van der Waals surface area contributed by atoms with Crippen LogP contribution in [0.3, 0.4) is 0 Å². The average Bonchev–Trinajstić information content (AvgIpc) is 2.89. The van der Waals surface area contributed by atoms with Crippen LogP contribution in [0.2, 0.25) is 0 Å². The van der Waals surface area contributed by atoms with Crippen LogP contribution in [-0.4, -0.2) is 115 Å². The Morgan fingerprint density at radius 3 is 0.972 bits per heavy atom. The van der Waals surface area contributed by atoms with Gasteiger partial charge in [0.15, 0.2) is 0 Å². The fourth-order valence-electron chi connectivity index (χ4n) is 4.43. The van der Waals surface area contributed by atoms with Gasteiger partial charge >= 0.3 is 0 Å². The van der Waals surface area contributed by atoms with E-state index in [-0.39, 0.29) is 0 Å². The van der Waals surface area contributed by atoms with E-state index in [0.29, 0.717) is 0 Å². The zero-order valence-electron chi connectivity index (χ0n) is 22.3. The molecule has 10 heteroatoms. The first-order valence-corrected chi connectivity index (χ1v) is 14.1. The lowest BCUT2D eigenvalue weighted by Crippen LogP contribution is -2.44. The van der Waals surface area contributed by atoms with Crippen LogP contribution < -0.4 is 42.5 Å². The molecule has 1 aromatic carbocycles. The van der Waals surface area contributed by atoms with Crippen molar-refractivity contribution in [2.45, 2.75) is 25.9 Å². The summed E-state index contributed by atoms with van der Waals surface area (Å²) in [6, 6.07) is 9.18. The molecule has 2 saturated heterocycles. The second-order valence-electron chi connectivity index (χ2n) is 9.81. The van der Waals surface area contributed by atoms with E-state index in [1.807, 2.05) is 0 Å². The number of nitrogens with one attached hydrogen (secondary N) is 8. The van der Waals surface area contributed by atoms with E-state index in [4.69, 9.17) is 0 Å². The molecule has 0 bridgehead atoms. The van der Waals surface area contributed by atoms with Crippen molar-refractivity contribution in [3.63, 3.8) is 0 Å². The van der Waals surface area contributed by atoms with Crippen LogP contribution in [0.4, 0.5) is 0 Å². The molecule has 0 unspecified atom stereocenters. The molecular weight excluding hydrogens is 452 g/mol. The van der Waals surface area contributed by atoms with Gasteiger partial charge in [0.1, 0.15) is 0 Å². The van der Waals surface area contributed by atoms with Crippen LogP contribution in [0.25, 0.3) is 0 Å². The van der Waals surface area contributed by atoms with Gasteiger partial charge in [-0.3, -0.25) is 9.80 Å². The van der Waals surface area contributed by atoms with Crippen LogP contribution in [0, 0.1) is 0 Å². The van der Waals surface area contributed by atoms with Gasteiger partial charge in [-0.05, 0) is 50.1 Å². The van der Waals surface area contributed by atoms with Gasteiger partial charge in [-0.2, -0.15) is 0 Å².